The third kappa shape index (κ3) is 5.62. The fourth-order valence-electron chi connectivity index (χ4n) is 4.30. The van der Waals surface area contributed by atoms with Crippen molar-refractivity contribution in [1.29, 1.82) is 0 Å². The normalized spacial score (nSPS) is 10.6. The van der Waals surface area contributed by atoms with Crippen LogP contribution < -0.4 is 15.3 Å². The molecule has 0 saturated heterocycles. The molecule has 0 saturated carbocycles. The van der Waals surface area contributed by atoms with E-state index in [2.05, 4.69) is 9.97 Å². The van der Waals surface area contributed by atoms with E-state index in [4.69, 9.17) is 7.85 Å². The van der Waals surface area contributed by atoms with Crippen LogP contribution in [0.5, 0.6) is 0 Å². The van der Waals surface area contributed by atoms with E-state index in [1.165, 1.54) is 9.80 Å². The molecule has 2 radical (unpaired) electrons. The monoisotopic (exact) mass is 508 g/mol. The number of pyridine rings is 2. The van der Waals surface area contributed by atoms with Gasteiger partial charge in [0.25, 0.3) is 11.8 Å². The minimum absolute atomic E-state index is 0.274. The molecule has 0 atom stereocenters. The van der Waals surface area contributed by atoms with Gasteiger partial charge in [-0.15, -0.1) is 0 Å². The Labute approximate surface area is 229 Å². The average molecular weight is 508 g/mol. The van der Waals surface area contributed by atoms with Crippen LogP contribution in [0.2, 0.25) is 0 Å². The Morgan fingerprint density at radius 2 is 1.00 bits per heavy atom. The Kier molecular flexibility index (Phi) is 7.32. The number of rotatable bonds is 6. The van der Waals surface area contributed by atoms with Gasteiger partial charge < -0.3 is 9.80 Å². The molecule has 2 aromatic heterocycles. The Morgan fingerprint density at radius 1 is 0.590 bits per heavy atom. The Morgan fingerprint density at radius 3 is 1.36 bits per heavy atom. The first kappa shape index (κ1) is 25.6. The van der Waals surface area contributed by atoms with Gasteiger partial charge in [0.1, 0.15) is 7.85 Å². The molecule has 0 N–H and O–H groups in total. The second-order valence-electron chi connectivity index (χ2n) is 9.10. The number of hydrogen-bond donors (Lipinski definition) is 0. The highest BCUT2D eigenvalue weighted by Gasteiger charge is 2.19. The van der Waals surface area contributed by atoms with Crippen molar-refractivity contribution < 1.29 is 9.59 Å². The number of hydrogen-bond acceptors (Lipinski definition) is 4. The molecule has 0 aliphatic carbocycles. The third-order valence-electron chi connectivity index (χ3n) is 6.49. The Bertz CT molecular complexity index is 1490. The quantitative estimate of drug-likeness (QED) is 0.298. The largest absolute Gasteiger partial charge is 0.311 e. The molecule has 6 nitrogen and oxygen atoms in total. The molecule has 0 aliphatic heterocycles. The summed E-state index contributed by atoms with van der Waals surface area (Å²) in [7, 11) is 9.51. The fourth-order valence-corrected chi connectivity index (χ4v) is 4.30. The van der Waals surface area contributed by atoms with E-state index in [9.17, 15) is 9.59 Å². The van der Waals surface area contributed by atoms with E-state index in [0.717, 1.165) is 22.5 Å². The molecule has 5 rings (SSSR count). The first-order valence-electron chi connectivity index (χ1n) is 12.4. The summed E-state index contributed by atoms with van der Waals surface area (Å²) < 4.78 is 0. The maximum Gasteiger partial charge on any atom is 0.258 e. The number of aromatic nitrogens is 2. The molecular formula is C32H25BN4O2. The van der Waals surface area contributed by atoms with E-state index in [-0.39, 0.29) is 11.8 Å². The number of nitrogens with zero attached hydrogens (tertiary/aromatic N) is 4. The van der Waals surface area contributed by atoms with Crippen molar-refractivity contribution in [3.8, 4) is 22.5 Å². The molecule has 0 aliphatic rings. The van der Waals surface area contributed by atoms with Gasteiger partial charge in [-0.2, -0.15) is 0 Å². The minimum atomic E-state index is -0.274. The summed E-state index contributed by atoms with van der Waals surface area (Å²) in [4.78, 5) is 38.5. The molecule has 3 aromatic carbocycles. The van der Waals surface area contributed by atoms with Gasteiger partial charge in [-0.3, -0.25) is 19.6 Å². The first-order chi connectivity index (χ1) is 18.9. The van der Waals surface area contributed by atoms with Crippen LogP contribution in [0.1, 0.15) is 20.7 Å². The van der Waals surface area contributed by atoms with Gasteiger partial charge in [-0.1, -0.05) is 54.0 Å². The lowest BCUT2D eigenvalue weighted by atomic mass is 9.91. The van der Waals surface area contributed by atoms with Crippen molar-refractivity contribution in [2.75, 3.05) is 23.9 Å². The van der Waals surface area contributed by atoms with Gasteiger partial charge in [0, 0.05) is 60.1 Å². The zero-order valence-electron chi connectivity index (χ0n) is 21.7. The second-order valence-corrected chi connectivity index (χ2v) is 9.10. The molecule has 2 amide bonds. The van der Waals surface area contributed by atoms with Gasteiger partial charge in [0.2, 0.25) is 0 Å². The third-order valence-corrected chi connectivity index (χ3v) is 6.49. The summed E-state index contributed by atoms with van der Waals surface area (Å²) in [6.07, 6.45) is 3.48. The molecule has 188 valence electrons. The van der Waals surface area contributed by atoms with Gasteiger partial charge >= 0.3 is 0 Å². The van der Waals surface area contributed by atoms with Crippen LogP contribution in [0.15, 0.2) is 116 Å². The molecule has 0 bridgehead atoms. The standard InChI is InChI=1S/C32H25BN4O2/c1-36(27-13-9-22(10-14-27)29-7-3-5-17-34-29)31(38)24-19-25(21-26(33)20-24)32(39)37(2)28-15-11-23(12-16-28)30-8-4-6-18-35-30/h3-21H,1-2H3. The smallest absolute Gasteiger partial charge is 0.258 e. The van der Waals surface area contributed by atoms with Crippen LogP contribution in [0.25, 0.3) is 22.5 Å². The van der Waals surface area contributed by atoms with E-state index in [1.54, 1.807) is 44.7 Å². The SMILES string of the molecule is [B]c1cc(C(=O)N(C)c2ccc(-c3ccccn3)cc2)cc(C(=O)N(C)c2ccc(-c3ccccn3)cc2)c1. The molecule has 0 unspecified atom stereocenters. The number of amides is 2. The van der Waals surface area contributed by atoms with Crippen molar-refractivity contribution >= 4 is 36.5 Å². The van der Waals surface area contributed by atoms with Crippen LogP contribution in [-0.2, 0) is 0 Å². The van der Waals surface area contributed by atoms with Crippen LogP contribution in [0, 0.1) is 0 Å². The predicted molar refractivity (Wildman–Crippen MR) is 157 cm³/mol. The van der Waals surface area contributed by atoms with Gasteiger partial charge in [0.15, 0.2) is 0 Å². The predicted octanol–water partition coefficient (Wildman–Crippen LogP) is 5.16. The molecule has 2 heterocycles. The lowest BCUT2D eigenvalue weighted by Crippen LogP contribution is -2.30. The van der Waals surface area contributed by atoms with E-state index in [1.807, 2.05) is 84.9 Å². The summed E-state index contributed by atoms with van der Waals surface area (Å²) >= 11 is 0. The van der Waals surface area contributed by atoms with Gasteiger partial charge in [-0.05, 0) is 54.6 Å². The Balaban J connectivity index is 1.34. The summed E-state index contributed by atoms with van der Waals surface area (Å²) in [5.74, 6) is -0.548. The van der Waals surface area contributed by atoms with Crippen molar-refractivity contribution in [1.82, 2.24) is 9.97 Å². The minimum Gasteiger partial charge on any atom is -0.311 e. The highest BCUT2D eigenvalue weighted by atomic mass is 16.2. The van der Waals surface area contributed by atoms with Crippen LogP contribution in [-0.4, -0.2) is 43.7 Å². The molecular weight excluding hydrogens is 483 g/mol. The summed E-state index contributed by atoms with van der Waals surface area (Å²) in [5.41, 5.74) is 6.02. The van der Waals surface area contributed by atoms with Crippen LogP contribution in [0.3, 0.4) is 0 Å². The van der Waals surface area contributed by atoms with E-state index in [0.29, 0.717) is 28.0 Å². The number of carbonyl (C=O) groups excluding carboxylic acids is 2. The molecule has 0 fully saturated rings. The van der Waals surface area contributed by atoms with Crippen molar-refractivity contribution in [3.05, 3.63) is 127 Å². The molecule has 5 aromatic rings. The maximum atomic E-state index is 13.4. The van der Waals surface area contributed by atoms with Crippen LogP contribution >= 0.6 is 0 Å². The fraction of sp³-hybridized carbons (Fsp3) is 0.0625. The molecule has 39 heavy (non-hydrogen) atoms. The van der Waals surface area contributed by atoms with E-state index < -0.39 is 0 Å². The average Bonchev–Trinajstić information content (AvgIpc) is 3.00. The summed E-state index contributed by atoms with van der Waals surface area (Å²) in [6.45, 7) is 0. The zero-order chi connectivity index (χ0) is 27.4. The lowest BCUT2D eigenvalue weighted by Gasteiger charge is -2.21. The number of benzene rings is 3. The maximum absolute atomic E-state index is 13.4. The topological polar surface area (TPSA) is 66.4 Å². The second kappa shape index (κ2) is 11.1. The molecule has 0 spiro atoms. The summed E-state index contributed by atoms with van der Waals surface area (Å²) in [6, 6.07) is 31.3. The zero-order valence-corrected chi connectivity index (χ0v) is 21.7. The van der Waals surface area contributed by atoms with E-state index >= 15 is 0 Å². The number of anilines is 2. The highest BCUT2D eigenvalue weighted by molar-refractivity contribution is 6.33. The first-order valence-corrected chi connectivity index (χ1v) is 12.4. The van der Waals surface area contributed by atoms with Gasteiger partial charge in [-0.25, -0.2) is 0 Å². The van der Waals surface area contributed by atoms with Gasteiger partial charge in [0.05, 0.1) is 11.4 Å². The van der Waals surface area contributed by atoms with Crippen LogP contribution in [0.4, 0.5) is 11.4 Å². The van der Waals surface area contributed by atoms with Crippen molar-refractivity contribution in [3.63, 3.8) is 0 Å². The van der Waals surface area contributed by atoms with Crippen molar-refractivity contribution in [2.24, 2.45) is 0 Å². The molecule has 7 heteroatoms. The van der Waals surface area contributed by atoms with Crippen molar-refractivity contribution in [2.45, 2.75) is 0 Å². The Hall–Kier alpha value is -5.04. The number of carbonyl (C=O) groups is 2. The summed E-state index contributed by atoms with van der Waals surface area (Å²) in [5, 5.41) is 0. The lowest BCUT2D eigenvalue weighted by molar-refractivity contribution is 0.0992. The highest BCUT2D eigenvalue weighted by Crippen LogP contribution is 2.24.